The number of hydrogen-bond donors (Lipinski definition) is 1. The van der Waals surface area contributed by atoms with E-state index in [0.29, 0.717) is 12.8 Å². The van der Waals surface area contributed by atoms with Crippen molar-refractivity contribution in [3.8, 4) is 0 Å². The number of carbonyl (C=O) groups is 1. The molecule has 2 aromatic rings. The summed E-state index contributed by atoms with van der Waals surface area (Å²) in [6, 6.07) is 6.22. The van der Waals surface area contributed by atoms with E-state index in [1.807, 2.05) is 26.0 Å². The van der Waals surface area contributed by atoms with Crippen LogP contribution >= 0.6 is 0 Å². The van der Waals surface area contributed by atoms with E-state index in [-0.39, 0.29) is 5.91 Å². The maximum atomic E-state index is 12.3. The highest BCUT2D eigenvalue weighted by molar-refractivity contribution is 5.91. The second-order valence-corrected chi connectivity index (χ2v) is 6.00. The number of nitrogens with one attached hydrogen (secondary N) is 1. The van der Waals surface area contributed by atoms with E-state index in [2.05, 4.69) is 16.5 Å². The molecule has 1 aromatic carbocycles. The van der Waals surface area contributed by atoms with Crippen molar-refractivity contribution in [1.82, 2.24) is 5.16 Å². The molecule has 0 saturated carbocycles. The summed E-state index contributed by atoms with van der Waals surface area (Å²) in [7, 11) is 0. The fraction of sp³-hybridized carbons (Fsp3) is 0.444. The Kier molecular flexibility index (Phi) is 4.27. The van der Waals surface area contributed by atoms with Gasteiger partial charge in [0.05, 0.1) is 5.69 Å². The normalized spacial score (nSPS) is 13.7. The van der Waals surface area contributed by atoms with Gasteiger partial charge in [0.1, 0.15) is 5.76 Å². The second-order valence-electron chi connectivity index (χ2n) is 6.00. The van der Waals surface area contributed by atoms with Crippen molar-refractivity contribution >= 4 is 11.6 Å². The van der Waals surface area contributed by atoms with Crippen LogP contribution in [0.2, 0.25) is 0 Å². The van der Waals surface area contributed by atoms with Crippen LogP contribution in [0.4, 0.5) is 5.69 Å². The topological polar surface area (TPSA) is 55.1 Å². The van der Waals surface area contributed by atoms with Gasteiger partial charge in [-0.15, -0.1) is 0 Å². The molecule has 22 heavy (non-hydrogen) atoms. The SMILES string of the molecule is Cc1noc(C)c1CCC(=O)Nc1cccc2c1CCCC2. The van der Waals surface area contributed by atoms with Crippen molar-refractivity contribution < 1.29 is 9.32 Å². The van der Waals surface area contributed by atoms with Crippen molar-refractivity contribution in [2.45, 2.75) is 52.4 Å². The molecule has 0 radical (unpaired) electrons. The third-order valence-corrected chi connectivity index (χ3v) is 4.45. The molecule has 1 aromatic heterocycles. The standard InChI is InChI=1S/C18H22N2O2/c1-12-15(13(2)22-20-12)10-11-18(21)19-17-9-5-7-14-6-3-4-8-16(14)17/h5,7,9H,3-4,6,8,10-11H2,1-2H3,(H,19,21). The summed E-state index contributed by atoms with van der Waals surface area (Å²) in [4.78, 5) is 12.3. The molecule has 1 N–H and O–H groups in total. The van der Waals surface area contributed by atoms with Gasteiger partial charge in [0.15, 0.2) is 0 Å². The van der Waals surface area contributed by atoms with Crippen LogP contribution in [-0.4, -0.2) is 11.1 Å². The Morgan fingerprint density at radius 3 is 2.86 bits per heavy atom. The number of amides is 1. The largest absolute Gasteiger partial charge is 0.361 e. The van der Waals surface area contributed by atoms with Crippen LogP contribution in [0.3, 0.4) is 0 Å². The third-order valence-electron chi connectivity index (χ3n) is 4.45. The summed E-state index contributed by atoms with van der Waals surface area (Å²) >= 11 is 0. The van der Waals surface area contributed by atoms with E-state index in [9.17, 15) is 4.79 Å². The zero-order chi connectivity index (χ0) is 15.5. The minimum absolute atomic E-state index is 0.0546. The van der Waals surface area contributed by atoms with Crippen molar-refractivity contribution in [2.24, 2.45) is 0 Å². The Labute approximate surface area is 130 Å². The van der Waals surface area contributed by atoms with Gasteiger partial charge >= 0.3 is 0 Å². The molecule has 1 aliphatic carbocycles. The summed E-state index contributed by atoms with van der Waals surface area (Å²) in [6.45, 7) is 3.80. The molecule has 0 atom stereocenters. The van der Waals surface area contributed by atoms with Crippen LogP contribution < -0.4 is 5.32 Å². The van der Waals surface area contributed by atoms with Gasteiger partial charge in [-0.3, -0.25) is 4.79 Å². The smallest absolute Gasteiger partial charge is 0.224 e. The molecule has 116 valence electrons. The van der Waals surface area contributed by atoms with E-state index in [1.165, 1.54) is 24.0 Å². The highest BCUT2D eigenvalue weighted by Gasteiger charge is 2.15. The van der Waals surface area contributed by atoms with Crippen LogP contribution in [0.5, 0.6) is 0 Å². The molecule has 0 aliphatic heterocycles. The highest BCUT2D eigenvalue weighted by atomic mass is 16.5. The average molecular weight is 298 g/mol. The number of benzene rings is 1. The van der Waals surface area contributed by atoms with Gasteiger partial charge in [0, 0.05) is 17.7 Å². The summed E-state index contributed by atoms with van der Waals surface area (Å²) in [5.74, 6) is 0.862. The Hall–Kier alpha value is -2.10. The predicted octanol–water partition coefficient (Wildman–Crippen LogP) is 3.74. The summed E-state index contributed by atoms with van der Waals surface area (Å²) < 4.78 is 5.14. The molecule has 4 heteroatoms. The van der Waals surface area contributed by atoms with E-state index >= 15 is 0 Å². The lowest BCUT2D eigenvalue weighted by atomic mass is 9.90. The first-order valence-electron chi connectivity index (χ1n) is 7.97. The second kappa shape index (κ2) is 6.34. The first-order valence-corrected chi connectivity index (χ1v) is 7.97. The van der Waals surface area contributed by atoms with E-state index in [4.69, 9.17) is 4.52 Å². The molecule has 0 fully saturated rings. The fourth-order valence-electron chi connectivity index (χ4n) is 3.21. The maximum Gasteiger partial charge on any atom is 0.224 e. The number of carbonyl (C=O) groups excluding carboxylic acids is 1. The van der Waals surface area contributed by atoms with Gasteiger partial charge in [0.2, 0.25) is 5.91 Å². The highest BCUT2D eigenvalue weighted by Crippen LogP contribution is 2.28. The summed E-state index contributed by atoms with van der Waals surface area (Å²) in [5.41, 5.74) is 5.61. The Morgan fingerprint density at radius 1 is 1.27 bits per heavy atom. The molecule has 3 rings (SSSR count). The maximum absolute atomic E-state index is 12.3. The molecule has 4 nitrogen and oxygen atoms in total. The Morgan fingerprint density at radius 2 is 2.09 bits per heavy atom. The zero-order valence-electron chi connectivity index (χ0n) is 13.2. The summed E-state index contributed by atoms with van der Waals surface area (Å²) in [6.07, 6.45) is 5.76. The van der Waals surface area contributed by atoms with Crippen LogP contribution in [-0.2, 0) is 24.1 Å². The molecule has 0 bridgehead atoms. The van der Waals surface area contributed by atoms with Crippen molar-refractivity contribution in [3.05, 3.63) is 46.3 Å². The molecule has 1 aliphatic rings. The quantitative estimate of drug-likeness (QED) is 0.935. The number of aryl methyl sites for hydroxylation is 3. The van der Waals surface area contributed by atoms with Gasteiger partial charge in [-0.25, -0.2) is 0 Å². The van der Waals surface area contributed by atoms with Gasteiger partial charge in [0.25, 0.3) is 0 Å². The van der Waals surface area contributed by atoms with Crippen molar-refractivity contribution in [1.29, 1.82) is 0 Å². The minimum Gasteiger partial charge on any atom is -0.361 e. The summed E-state index contributed by atoms with van der Waals surface area (Å²) in [5, 5.41) is 7.01. The Bertz CT molecular complexity index is 669. The molecular formula is C18H22N2O2. The zero-order valence-corrected chi connectivity index (χ0v) is 13.2. The van der Waals surface area contributed by atoms with Crippen LogP contribution in [0.15, 0.2) is 22.7 Å². The fourth-order valence-corrected chi connectivity index (χ4v) is 3.21. The molecule has 0 spiro atoms. The minimum atomic E-state index is 0.0546. The Balaban J connectivity index is 1.65. The lowest BCUT2D eigenvalue weighted by Gasteiger charge is -2.19. The van der Waals surface area contributed by atoms with Gasteiger partial charge in [-0.05, 0) is 63.1 Å². The molecule has 1 amide bonds. The van der Waals surface area contributed by atoms with E-state index < -0.39 is 0 Å². The third kappa shape index (κ3) is 3.06. The van der Waals surface area contributed by atoms with Gasteiger partial charge in [-0.2, -0.15) is 0 Å². The lowest BCUT2D eigenvalue weighted by molar-refractivity contribution is -0.116. The van der Waals surface area contributed by atoms with Crippen LogP contribution in [0.25, 0.3) is 0 Å². The lowest BCUT2D eigenvalue weighted by Crippen LogP contribution is -2.16. The first-order chi connectivity index (χ1) is 10.6. The number of aromatic nitrogens is 1. The van der Waals surface area contributed by atoms with Gasteiger partial charge in [-0.1, -0.05) is 17.3 Å². The van der Waals surface area contributed by atoms with E-state index in [0.717, 1.165) is 35.5 Å². The molecule has 0 unspecified atom stereocenters. The molecule has 1 heterocycles. The molecule has 0 saturated heterocycles. The number of rotatable bonds is 4. The van der Waals surface area contributed by atoms with Crippen LogP contribution in [0, 0.1) is 13.8 Å². The molecular weight excluding hydrogens is 276 g/mol. The number of hydrogen-bond acceptors (Lipinski definition) is 3. The number of fused-ring (bicyclic) bond motifs is 1. The number of nitrogens with zero attached hydrogens (tertiary/aromatic N) is 1. The van der Waals surface area contributed by atoms with E-state index in [1.54, 1.807) is 0 Å². The predicted molar refractivity (Wildman–Crippen MR) is 86.0 cm³/mol. The van der Waals surface area contributed by atoms with Crippen molar-refractivity contribution in [2.75, 3.05) is 5.32 Å². The monoisotopic (exact) mass is 298 g/mol. The first kappa shape index (κ1) is 14.8. The van der Waals surface area contributed by atoms with Crippen molar-refractivity contribution in [3.63, 3.8) is 0 Å². The van der Waals surface area contributed by atoms with Gasteiger partial charge < -0.3 is 9.84 Å². The number of anilines is 1. The van der Waals surface area contributed by atoms with Crippen LogP contribution in [0.1, 0.15) is 47.4 Å². The average Bonchev–Trinajstić information content (AvgIpc) is 2.84.